The maximum absolute atomic E-state index is 12.5. The number of hydrogen-bond acceptors (Lipinski definition) is 11. The minimum Gasteiger partial charge on any atom is -0.443 e. The molecule has 2 aliphatic heterocycles. The summed E-state index contributed by atoms with van der Waals surface area (Å²) in [6.07, 6.45) is 3.17. The van der Waals surface area contributed by atoms with Gasteiger partial charge in [-0.15, -0.1) is 5.10 Å². The van der Waals surface area contributed by atoms with Crippen LogP contribution in [-0.2, 0) is 4.74 Å². The molecule has 13 nitrogen and oxygen atoms in total. The fourth-order valence-electron chi connectivity index (χ4n) is 4.71. The molecule has 39 heavy (non-hydrogen) atoms. The molecule has 0 atom stereocenters. The van der Waals surface area contributed by atoms with E-state index in [1.807, 2.05) is 11.9 Å². The number of aromatic nitrogens is 4. The Morgan fingerprint density at radius 2 is 1.92 bits per heavy atom. The number of likely N-dealkylation sites (tertiary alicyclic amines) is 1. The van der Waals surface area contributed by atoms with Crippen LogP contribution >= 0.6 is 11.6 Å². The average Bonchev–Trinajstić information content (AvgIpc) is 3.64. The van der Waals surface area contributed by atoms with E-state index in [0.29, 0.717) is 65.6 Å². The summed E-state index contributed by atoms with van der Waals surface area (Å²) in [4.78, 5) is 27.3. The number of nitrogens with zero attached hydrogens (tertiary/aromatic N) is 9. The maximum Gasteiger partial charge on any atom is 0.410 e. The van der Waals surface area contributed by atoms with Crippen molar-refractivity contribution in [2.24, 2.45) is 0 Å². The molecule has 6 rings (SSSR count). The molecular weight excluding hydrogens is 522 g/mol. The smallest absolute Gasteiger partial charge is 0.410 e. The molecular formula is C25H26ClN11O2. The molecule has 0 unspecified atom stereocenters. The van der Waals surface area contributed by atoms with Crippen molar-refractivity contribution in [3.8, 4) is 12.1 Å². The number of fused-ring (bicyclic) bond motifs is 1. The summed E-state index contributed by atoms with van der Waals surface area (Å²) in [5.74, 6) is 0.720. The van der Waals surface area contributed by atoms with Gasteiger partial charge in [0.25, 0.3) is 0 Å². The first-order chi connectivity index (χ1) is 18.9. The van der Waals surface area contributed by atoms with Crippen molar-refractivity contribution in [3.63, 3.8) is 0 Å². The second-order valence-corrected chi connectivity index (χ2v) is 10.4. The van der Waals surface area contributed by atoms with E-state index in [2.05, 4.69) is 42.7 Å². The quantitative estimate of drug-likeness (QED) is 0.468. The number of anilines is 4. The van der Waals surface area contributed by atoms with Crippen molar-refractivity contribution in [2.45, 2.75) is 25.0 Å². The molecule has 4 heterocycles. The number of carbonyl (C=O) groups is 1. The number of likely N-dealkylation sites (N-methyl/N-ethyl adjacent to an activating group) is 1. The van der Waals surface area contributed by atoms with Crippen molar-refractivity contribution in [1.82, 2.24) is 29.4 Å². The zero-order valence-electron chi connectivity index (χ0n) is 21.3. The number of piperazine rings is 1. The van der Waals surface area contributed by atoms with Crippen LogP contribution in [0.4, 0.5) is 27.9 Å². The van der Waals surface area contributed by atoms with Crippen LogP contribution in [0.2, 0.25) is 5.02 Å². The first kappa shape index (κ1) is 25.0. The summed E-state index contributed by atoms with van der Waals surface area (Å²) < 4.78 is 7.00. The molecule has 2 N–H and O–H groups in total. The molecule has 2 saturated heterocycles. The van der Waals surface area contributed by atoms with Crippen molar-refractivity contribution in [2.75, 3.05) is 61.8 Å². The van der Waals surface area contributed by atoms with E-state index < -0.39 is 0 Å². The van der Waals surface area contributed by atoms with Gasteiger partial charge in [-0.1, -0.05) is 11.6 Å². The third-order valence-corrected chi connectivity index (χ3v) is 7.40. The topological polar surface area (TPSA) is 151 Å². The third kappa shape index (κ3) is 5.06. The van der Waals surface area contributed by atoms with Gasteiger partial charge in [-0.2, -0.15) is 20.0 Å². The lowest BCUT2D eigenvalue weighted by molar-refractivity contribution is -0.0154. The Hall–Kier alpha value is -4.33. The summed E-state index contributed by atoms with van der Waals surface area (Å²) in [6.45, 7) is 3.53. The third-order valence-electron chi connectivity index (χ3n) is 7.00. The van der Waals surface area contributed by atoms with Crippen LogP contribution < -0.4 is 15.5 Å². The lowest BCUT2D eigenvalue weighted by atomic mass is 10.1. The van der Waals surface area contributed by atoms with Gasteiger partial charge >= 0.3 is 6.09 Å². The number of carbonyl (C=O) groups excluding carboxylic acids is 1. The van der Waals surface area contributed by atoms with Crippen molar-refractivity contribution >= 4 is 46.5 Å². The van der Waals surface area contributed by atoms with Gasteiger partial charge in [-0.3, -0.25) is 4.90 Å². The Morgan fingerprint density at radius 1 is 1.15 bits per heavy atom. The Labute approximate surface area is 229 Å². The van der Waals surface area contributed by atoms with E-state index in [1.165, 1.54) is 10.7 Å². The summed E-state index contributed by atoms with van der Waals surface area (Å²) in [6, 6.07) is 7.96. The largest absolute Gasteiger partial charge is 0.443 e. The van der Waals surface area contributed by atoms with Crippen LogP contribution in [0.25, 0.3) is 5.65 Å². The molecule has 1 amide bonds. The number of halogens is 1. The van der Waals surface area contributed by atoms with Crippen LogP contribution in [0, 0.1) is 22.7 Å². The van der Waals surface area contributed by atoms with Crippen LogP contribution in [0.5, 0.6) is 0 Å². The highest BCUT2D eigenvalue weighted by Gasteiger charge is 2.31. The van der Waals surface area contributed by atoms with Gasteiger partial charge in [0.15, 0.2) is 17.2 Å². The molecule has 200 valence electrons. The molecule has 0 spiro atoms. The molecule has 2 aromatic heterocycles. The average molecular weight is 548 g/mol. The molecule has 14 heteroatoms. The van der Waals surface area contributed by atoms with E-state index in [-0.39, 0.29) is 23.8 Å². The minimum atomic E-state index is -0.300. The number of benzene rings is 1. The molecule has 1 aromatic carbocycles. The summed E-state index contributed by atoms with van der Waals surface area (Å²) in [5, 5.41) is 30.5. The molecule has 1 saturated carbocycles. The second kappa shape index (κ2) is 10.1. The Balaban J connectivity index is 1.22. The predicted octanol–water partition coefficient (Wildman–Crippen LogP) is 2.41. The Kier molecular flexibility index (Phi) is 6.46. The molecule has 3 aromatic rings. The first-order valence-corrected chi connectivity index (χ1v) is 13.1. The number of nitrogens with one attached hydrogen (secondary N) is 2. The van der Waals surface area contributed by atoms with E-state index in [1.54, 1.807) is 17.0 Å². The fraction of sp³-hybridized carbons (Fsp3) is 0.440. The lowest BCUT2D eigenvalue weighted by Gasteiger charge is -2.39. The van der Waals surface area contributed by atoms with Gasteiger partial charge in [0.05, 0.1) is 34.2 Å². The van der Waals surface area contributed by atoms with Crippen LogP contribution in [-0.4, -0.2) is 93.9 Å². The van der Waals surface area contributed by atoms with E-state index in [0.717, 1.165) is 25.9 Å². The molecule has 3 aliphatic rings. The maximum atomic E-state index is 12.5. The van der Waals surface area contributed by atoms with Gasteiger partial charge < -0.3 is 25.2 Å². The molecule has 0 radical (unpaired) electrons. The van der Waals surface area contributed by atoms with Crippen LogP contribution in [0.1, 0.15) is 24.1 Å². The number of imidazole rings is 1. The summed E-state index contributed by atoms with van der Waals surface area (Å²) >= 11 is 6.85. The number of nitriles is 2. The van der Waals surface area contributed by atoms with Gasteiger partial charge in [0, 0.05) is 45.3 Å². The van der Waals surface area contributed by atoms with Crippen LogP contribution in [0.3, 0.4) is 0 Å². The minimum absolute atomic E-state index is 0.0519. The second-order valence-electron chi connectivity index (χ2n) is 9.99. The van der Waals surface area contributed by atoms with Crippen molar-refractivity contribution in [1.29, 1.82) is 10.5 Å². The summed E-state index contributed by atoms with van der Waals surface area (Å²) in [5.41, 5.74) is 2.27. The highest BCUT2D eigenvalue weighted by atomic mass is 35.5. The van der Waals surface area contributed by atoms with Gasteiger partial charge in [-0.05, 0) is 32.0 Å². The zero-order chi connectivity index (χ0) is 27.1. The predicted molar refractivity (Wildman–Crippen MR) is 143 cm³/mol. The van der Waals surface area contributed by atoms with Crippen molar-refractivity contribution in [3.05, 3.63) is 34.6 Å². The van der Waals surface area contributed by atoms with E-state index >= 15 is 0 Å². The molecule has 1 aliphatic carbocycles. The number of hydrogen-bond donors (Lipinski definition) is 2. The van der Waals surface area contributed by atoms with Crippen molar-refractivity contribution < 1.29 is 9.53 Å². The zero-order valence-corrected chi connectivity index (χ0v) is 22.0. The number of ether oxygens (including phenoxy) is 1. The number of rotatable bonds is 6. The Bertz CT molecular complexity index is 1510. The van der Waals surface area contributed by atoms with Gasteiger partial charge in [0.2, 0.25) is 5.95 Å². The molecule has 3 fully saturated rings. The van der Waals surface area contributed by atoms with Crippen LogP contribution in [0.15, 0.2) is 18.3 Å². The monoisotopic (exact) mass is 547 g/mol. The normalized spacial score (nSPS) is 17.8. The highest BCUT2D eigenvalue weighted by molar-refractivity contribution is 6.36. The standard InChI is InChI=1S/C25H26ClN11O2/c1-34-13-18(14-34)39-25(38)36-6-4-35(5-7-36)20-9-15(10-27)8-19(21(20)26)31-24-32-22(30-16-2-3-16)23-29-12-17(11-28)37(23)33-24/h8-9,12,16,18H,2-7,13-14H2,1H3,(H2,30,31,32,33). The summed E-state index contributed by atoms with van der Waals surface area (Å²) in [7, 11) is 1.99. The lowest BCUT2D eigenvalue weighted by Crippen LogP contribution is -2.54. The fourth-order valence-corrected chi connectivity index (χ4v) is 4.98. The first-order valence-electron chi connectivity index (χ1n) is 12.7. The van der Waals surface area contributed by atoms with Gasteiger partial charge in [0.1, 0.15) is 12.2 Å². The van der Waals surface area contributed by atoms with E-state index in [4.69, 9.17) is 16.3 Å². The Morgan fingerprint density at radius 3 is 2.59 bits per heavy atom. The highest BCUT2D eigenvalue weighted by Crippen LogP contribution is 2.37. The SMILES string of the molecule is CN1CC(OC(=O)N2CCN(c3cc(C#N)cc(Nc4nc(NC5CC5)c5ncc(C#N)n5n4)c3Cl)CC2)C1. The van der Waals surface area contributed by atoms with Gasteiger partial charge in [-0.25, -0.2) is 9.78 Å². The molecule has 0 bridgehead atoms. The number of amides is 1. The van der Waals surface area contributed by atoms with E-state index in [9.17, 15) is 15.3 Å².